The van der Waals surface area contributed by atoms with E-state index >= 15 is 0 Å². The molecule has 1 fully saturated rings. The maximum absolute atomic E-state index is 9.08. The minimum absolute atomic E-state index is 0.816. The smallest absolute Gasteiger partial charge is 0.0994 e. The normalized spacial score (nSPS) is 16.5. The highest BCUT2D eigenvalue weighted by Crippen LogP contribution is 2.16. The molecule has 1 aliphatic rings. The standard InChI is InChI=1S/C15H21N3/c1-12-9-13(2)15(11-16)10-14(12)3-6-18-7-4-17-5-8-18/h9-10,17H,3-8H2,1-2H3. The van der Waals surface area contributed by atoms with Gasteiger partial charge in [-0.25, -0.2) is 0 Å². The van der Waals surface area contributed by atoms with Crippen LogP contribution in [-0.4, -0.2) is 37.6 Å². The topological polar surface area (TPSA) is 39.1 Å². The van der Waals surface area contributed by atoms with Gasteiger partial charge < -0.3 is 10.2 Å². The molecule has 0 amide bonds. The number of rotatable bonds is 3. The highest BCUT2D eigenvalue weighted by molar-refractivity contribution is 5.43. The van der Waals surface area contributed by atoms with Crippen molar-refractivity contribution >= 4 is 0 Å². The maximum atomic E-state index is 9.08. The van der Waals surface area contributed by atoms with Crippen molar-refractivity contribution < 1.29 is 0 Å². The summed E-state index contributed by atoms with van der Waals surface area (Å²) >= 11 is 0. The average Bonchev–Trinajstić information content (AvgIpc) is 2.39. The summed E-state index contributed by atoms with van der Waals surface area (Å²) in [6.07, 6.45) is 1.04. The average molecular weight is 243 g/mol. The minimum Gasteiger partial charge on any atom is -0.314 e. The van der Waals surface area contributed by atoms with Crippen molar-refractivity contribution in [2.24, 2.45) is 0 Å². The molecule has 1 saturated heterocycles. The number of hydrogen-bond acceptors (Lipinski definition) is 3. The number of benzene rings is 1. The van der Waals surface area contributed by atoms with Crippen molar-refractivity contribution in [3.63, 3.8) is 0 Å². The molecule has 0 atom stereocenters. The van der Waals surface area contributed by atoms with Crippen molar-refractivity contribution in [1.29, 1.82) is 5.26 Å². The van der Waals surface area contributed by atoms with Gasteiger partial charge in [-0.05, 0) is 43.0 Å². The summed E-state index contributed by atoms with van der Waals surface area (Å²) in [6.45, 7) is 9.70. The Hall–Kier alpha value is -1.37. The van der Waals surface area contributed by atoms with E-state index in [0.717, 1.165) is 50.3 Å². The van der Waals surface area contributed by atoms with Gasteiger partial charge in [0.05, 0.1) is 11.6 Å². The molecule has 18 heavy (non-hydrogen) atoms. The summed E-state index contributed by atoms with van der Waals surface area (Å²) in [6, 6.07) is 6.47. The number of nitrogens with one attached hydrogen (secondary N) is 1. The van der Waals surface area contributed by atoms with Crippen LogP contribution in [-0.2, 0) is 6.42 Å². The van der Waals surface area contributed by atoms with Gasteiger partial charge in [-0.15, -0.1) is 0 Å². The van der Waals surface area contributed by atoms with Crippen LogP contribution in [0.1, 0.15) is 22.3 Å². The van der Waals surface area contributed by atoms with Crippen molar-refractivity contribution in [2.45, 2.75) is 20.3 Å². The molecule has 1 aliphatic heterocycles. The Kier molecular flexibility index (Phi) is 4.35. The van der Waals surface area contributed by atoms with Gasteiger partial charge in [0.2, 0.25) is 0 Å². The highest BCUT2D eigenvalue weighted by atomic mass is 15.2. The Morgan fingerprint density at radius 2 is 1.94 bits per heavy atom. The van der Waals surface area contributed by atoms with Gasteiger partial charge in [-0.3, -0.25) is 0 Å². The lowest BCUT2D eigenvalue weighted by Crippen LogP contribution is -2.44. The Labute approximate surface area is 109 Å². The van der Waals surface area contributed by atoms with Crippen LogP contribution in [0.3, 0.4) is 0 Å². The van der Waals surface area contributed by atoms with Crippen LogP contribution < -0.4 is 5.32 Å². The molecule has 0 aromatic heterocycles. The molecule has 0 unspecified atom stereocenters. The van der Waals surface area contributed by atoms with Crippen molar-refractivity contribution in [1.82, 2.24) is 10.2 Å². The molecule has 1 aromatic carbocycles. The fourth-order valence-electron chi connectivity index (χ4n) is 2.50. The zero-order valence-corrected chi connectivity index (χ0v) is 11.3. The zero-order chi connectivity index (χ0) is 13.0. The number of hydrogen-bond donors (Lipinski definition) is 1. The SMILES string of the molecule is Cc1cc(C)c(CCN2CCNCC2)cc1C#N. The molecule has 3 heteroatoms. The molecule has 0 radical (unpaired) electrons. The molecule has 2 rings (SSSR count). The molecule has 0 aliphatic carbocycles. The van der Waals surface area contributed by atoms with Gasteiger partial charge in [0, 0.05) is 32.7 Å². The predicted molar refractivity (Wildman–Crippen MR) is 73.6 cm³/mol. The monoisotopic (exact) mass is 243 g/mol. The lowest BCUT2D eigenvalue weighted by atomic mass is 9.98. The van der Waals surface area contributed by atoms with Crippen LogP contribution in [0.4, 0.5) is 0 Å². The van der Waals surface area contributed by atoms with Gasteiger partial charge in [-0.1, -0.05) is 6.07 Å². The largest absolute Gasteiger partial charge is 0.314 e. The molecule has 0 spiro atoms. The summed E-state index contributed by atoms with van der Waals surface area (Å²) in [7, 11) is 0. The van der Waals surface area contributed by atoms with Crippen molar-refractivity contribution in [2.75, 3.05) is 32.7 Å². The van der Waals surface area contributed by atoms with Gasteiger partial charge >= 0.3 is 0 Å². The second kappa shape index (κ2) is 5.99. The van der Waals surface area contributed by atoms with E-state index in [1.54, 1.807) is 0 Å². The highest BCUT2D eigenvalue weighted by Gasteiger charge is 2.10. The Morgan fingerprint density at radius 3 is 2.61 bits per heavy atom. The van der Waals surface area contributed by atoms with Gasteiger partial charge in [0.25, 0.3) is 0 Å². The second-order valence-electron chi connectivity index (χ2n) is 5.05. The van der Waals surface area contributed by atoms with Crippen LogP contribution in [0.15, 0.2) is 12.1 Å². The number of nitriles is 1. The Bertz CT molecular complexity index is 454. The molecular weight excluding hydrogens is 222 g/mol. The van der Waals surface area contributed by atoms with E-state index in [1.165, 1.54) is 11.1 Å². The minimum atomic E-state index is 0.816. The van der Waals surface area contributed by atoms with E-state index in [0.29, 0.717) is 0 Å². The van der Waals surface area contributed by atoms with E-state index in [-0.39, 0.29) is 0 Å². The number of nitrogens with zero attached hydrogens (tertiary/aromatic N) is 2. The third-order valence-electron chi connectivity index (χ3n) is 3.71. The summed E-state index contributed by atoms with van der Waals surface area (Å²) in [5.41, 5.74) is 4.52. The molecule has 1 N–H and O–H groups in total. The van der Waals surface area contributed by atoms with E-state index in [4.69, 9.17) is 5.26 Å². The van der Waals surface area contributed by atoms with Crippen LogP contribution in [0.5, 0.6) is 0 Å². The first-order valence-electron chi connectivity index (χ1n) is 6.64. The summed E-state index contributed by atoms with van der Waals surface area (Å²) < 4.78 is 0. The lowest BCUT2D eigenvalue weighted by Gasteiger charge is -2.27. The van der Waals surface area contributed by atoms with E-state index < -0.39 is 0 Å². The van der Waals surface area contributed by atoms with E-state index in [1.807, 2.05) is 6.92 Å². The molecule has 3 nitrogen and oxygen atoms in total. The predicted octanol–water partition coefficient (Wildman–Crippen LogP) is 1.62. The van der Waals surface area contributed by atoms with E-state index in [9.17, 15) is 0 Å². The van der Waals surface area contributed by atoms with Gasteiger partial charge in [0.1, 0.15) is 0 Å². The summed E-state index contributed by atoms with van der Waals surface area (Å²) in [5.74, 6) is 0. The second-order valence-corrected chi connectivity index (χ2v) is 5.05. The van der Waals surface area contributed by atoms with Crippen LogP contribution in [0.2, 0.25) is 0 Å². The zero-order valence-electron chi connectivity index (χ0n) is 11.3. The number of aryl methyl sites for hydroxylation is 2. The summed E-state index contributed by atoms with van der Waals surface area (Å²) in [5, 5.41) is 12.4. The van der Waals surface area contributed by atoms with Crippen LogP contribution >= 0.6 is 0 Å². The first kappa shape index (κ1) is 13.1. The van der Waals surface area contributed by atoms with Gasteiger partial charge in [-0.2, -0.15) is 5.26 Å². The summed E-state index contributed by atoms with van der Waals surface area (Å²) in [4.78, 5) is 2.49. The van der Waals surface area contributed by atoms with Gasteiger partial charge in [0.15, 0.2) is 0 Å². The molecule has 96 valence electrons. The van der Waals surface area contributed by atoms with E-state index in [2.05, 4.69) is 35.3 Å². The number of piperazine rings is 1. The van der Waals surface area contributed by atoms with Crippen molar-refractivity contribution in [3.8, 4) is 6.07 Å². The van der Waals surface area contributed by atoms with Crippen LogP contribution in [0.25, 0.3) is 0 Å². The molecule has 1 aromatic rings. The third-order valence-corrected chi connectivity index (χ3v) is 3.71. The Balaban J connectivity index is 2.02. The van der Waals surface area contributed by atoms with Crippen molar-refractivity contribution in [3.05, 3.63) is 34.4 Å². The molecular formula is C15H21N3. The lowest BCUT2D eigenvalue weighted by molar-refractivity contribution is 0.244. The fraction of sp³-hybridized carbons (Fsp3) is 0.533. The molecule has 1 heterocycles. The first-order chi connectivity index (χ1) is 8.70. The van der Waals surface area contributed by atoms with Crippen LogP contribution in [0, 0.1) is 25.2 Å². The molecule has 0 bridgehead atoms. The third kappa shape index (κ3) is 3.10. The quantitative estimate of drug-likeness (QED) is 0.877. The maximum Gasteiger partial charge on any atom is 0.0994 e. The first-order valence-corrected chi connectivity index (χ1v) is 6.64. The Morgan fingerprint density at radius 1 is 1.22 bits per heavy atom. The fourth-order valence-corrected chi connectivity index (χ4v) is 2.50. The molecule has 0 saturated carbocycles.